The summed E-state index contributed by atoms with van der Waals surface area (Å²) in [4.78, 5) is 25.2. The largest absolute Gasteiger partial charge is 0.497 e. The number of nitrogens with zero attached hydrogens (tertiary/aromatic N) is 4. The molecule has 2 aliphatic heterocycles. The van der Waals surface area contributed by atoms with E-state index in [2.05, 4.69) is 42.5 Å². The molecular weight excluding hydrogens is 332 g/mol. The van der Waals surface area contributed by atoms with Crippen LogP contribution in [-0.4, -0.2) is 55.2 Å². The third-order valence-corrected chi connectivity index (χ3v) is 4.84. The first-order valence-electron chi connectivity index (χ1n) is 8.72. The molecule has 1 fully saturated rings. The normalized spacial score (nSPS) is 19.5. The molecule has 8 heteroatoms. The van der Waals surface area contributed by atoms with Crippen molar-refractivity contribution in [1.29, 1.82) is 0 Å². The van der Waals surface area contributed by atoms with E-state index in [1.165, 1.54) is 5.69 Å². The number of methoxy groups -OCH3 is 1. The summed E-state index contributed by atoms with van der Waals surface area (Å²) in [5.41, 5.74) is 1.85. The number of nitrogens with one attached hydrogen (secondary N) is 2. The van der Waals surface area contributed by atoms with Gasteiger partial charge in [0.05, 0.1) is 7.11 Å². The van der Waals surface area contributed by atoms with Crippen LogP contribution >= 0.6 is 0 Å². The van der Waals surface area contributed by atoms with Crippen molar-refractivity contribution in [2.45, 2.75) is 13.0 Å². The third-order valence-electron chi connectivity index (χ3n) is 4.84. The van der Waals surface area contributed by atoms with E-state index in [1.54, 1.807) is 13.4 Å². The zero-order valence-corrected chi connectivity index (χ0v) is 14.9. The van der Waals surface area contributed by atoms with Gasteiger partial charge in [-0.15, -0.1) is 0 Å². The van der Waals surface area contributed by atoms with Gasteiger partial charge in [0.2, 0.25) is 5.91 Å². The molecule has 1 saturated heterocycles. The fourth-order valence-corrected chi connectivity index (χ4v) is 3.31. The van der Waals surface area contributed by atoms with Gasteiger partial charge in [0.1, 0.15) is 23.8 Å². The van der Waals surface area contributed by atoms with Gasteiger partial charge in [0.15, 0.2) is 11.6 Å². The van der Waals surface area contributed by atoms with Crippen LogP contribution in [-0.2, 0) is 4.79 Å². The zero-order valence-electron chi connectivity index (χ0n) is 14.9. The van der Waals surface area contributed by atoms with Gasteiger partial charge in [-0.3, -0.25) is 4.79 Å². The number of ether oxygens (including phenoxy) is 1. The van der Waals surface area contributed by atoms with E-state index >= 15 is 0 Å². The van der Waals surface area contributed by atoms with Crippen LogP contribution in [0.25, 0.3) is 0 Å². The Balaban J connectivity index is 1.48. The number of amides is 1. The number of benzene rings is 1. The highest BCUT2D eigenvalue weighted by Gasteiger charge is 2.28. The number of carbonyl (C=O) groups is 1. The van der Waals surface area contributed by atoms with E-state index in [9.17, 15) is 4.79 Å². The molecule has 0 saturated carbocycles. The van der Waals surface area contributed by atoms with Crippen LogP contribution in [0.4, 0.5) is 23.0 Å². The molecule has 8 nitrogen and oxygen atoms in total. The van der Waals surface area contributed by atoms with Crippen molar-refractivity contribution in [2.24, 2.45) is 0 Å². The molecule has 1 atom stereocenters. The Morgan fingerprint density at radius 1 is 1.08 bits per heavy atom. The Morgan fingerprint density at radius 2 is 1.77 bits per heavy atom. The highest BCUT2D eigenvalue weighted by Crippen LogP contribution is 2.33. The van der Waals surface area contributed by atoms with E-state index in [0.29, 0.717) is 11.5 Å². The Kier molecular flexibility index (Phi) is 4.24. The van der Waals surface area contributed by atoms with Crippen molar-refractivity contribution in [2.75, 3.05) is 53.7 Å². The predicted molar refractivity (Wildman–Crippen MR) is 101 cm³/mol. The molecule has 136 valence electrons. The Bertz CT molecular complexity index is 802. The number of carbonyl (C=O) groups excluding carboxylic acids is 1. The summed E-state index contributed by atoms with van der Waals surface area (Å²) in [7, 11) is 1.67. The minimum atomic E-state index is -0.294. The maximum Gasteiger partial charge on any atom is 0.246 e. The standard InChI is InChI=1S/C18H22N6O2/c1-12-18(25)22-15-16(21-12)19-11-20-17(15)24-9-7-23(8-10-24)13-3-5-14(26-2)6-4-13/h3-6,11-12H,7-10H2,1-2H3,(H,22,25)(H,19,20,21). The fraction of sp³-hybridized carbons (Fsp3) is 0.389. The second-order valence-corrected chi connectivity index (χ2v) is 6.45. The Morgan fingerprint density at radius 3 is 2.46 bits per heavy atom. The fourth-order valence-electron chi connectivity index (χ4n) is 3.31. The molecular formula is C18H22N6O2. The topological polar surface area (TPSA) is 82.6 Å². The first kappa shape index (κ1) is 16.4. The lowest BCUT2D eigenvalue weighted by Crippen LogP contribution is -2.47. The SMILES string of the molecule is COc1ccc(N2CCN(c3ncnc4c3NC(=O)C(C)N4)CC2)cc1. The summed E-state index contributed by atoms with van der Waals surface area (Å²) in [6.07, 6.45) is 1.54. The molecule has 2 N–H and O–H groups in total. The van der Waals surface area contributed by atoms with Gasteiger partial charge < -0.3 is 25.2 Å². The first-order chi connectivity index (χ1) is 12.7. The number of hydrogen-bond donors (Lipinski definition) is 2. The van der Waals surface area contributed by atoms with Crippen LogP contribution in [0.15, 0.2) is 30.6 Å². The van der Waals surface area contributed by atoms with Crippen molar-refractivity contribution in [1.82, 2.24) is 9.97 Å². The Hall–Kier alpha value is -3.03. The first-order valence-corrected chi connectivity index (χ1v) is 8.72. The molecule has 1 aromatic heterocycles. The smallest absolute Gasteiger partial charge is 0.246 e. The van der Waals surface area contributed by atoms with Crippen LogP contribution < -0.4 is 25.2 Å². The van der Waals surface area contributed by atoms with Gasteiger partial charge in [-0.25, -0.2) is 9.97 Å². The highest BCUT2D eigenvalue weighted by atomic mass is 16.5. The molecule has 0 aliphatic carbocycles. The van der Waals surface area contributed by atoms with Crippen LogP contribution in [0.1, 0.15) is 6.92 Å². The monoisotopic (exact) mass is 354 g/mol. The molecule has 0 radical (unpaired) electrons. The van der Waals surface area contributed by atoms with Gasteiger partial charge in [-0.05, 0) is 31.2 Å². The molecule has 0 bridgehead atoms. The van der Waals surface area contributed by atoms with Gasteiger partial charge >= 0.3 is 0 Å². The minimum Gasteiger partial charge on any atom is -0.497 e. The highest BCUT2D eigenvalue weighted by molar-refractivity contribution is 6.04. The zero-order chi connectivity index (χ0) is 18.1. The molecule has 1 aromatic carbocycles. The molecule has 1 unspecified atom stereocenters. The number of piperazine rings is 1. The quantitative estimate of drug-likeness (QED) is 0.865. The number of rotatable bonds is 3. The van der Waals surface area contributed by atoms with E-state index in [4.69, 9.17) is 4.74 Å². The van der Waals surface area contributed by atoms with E-state index in [-0.39, 0.29) is 11.9 Å². The summed E-state index contributed by atoms with van der Waals surface area (Å²) in [6.45, 7) is 5.21. The van der Waals surface area contributed by atoms with Crippen molar-refractivity contribution < 1.29 is 9.53 Å². The van der Waals surface area contributed by atoms with Crippen molar-refractivity contribution in [3.05, 3.63) is 30.6 Å². The van der Waals surface area contributed by atoms with Crippen molar-refractivity contribution >= 4 is 28.9 Å². The second kappa shape index (κ2) is 6.70. The van der Waals surface area contributed by atoms with Gasteiger partial charge in [-0.1, -0.05) is 0 Å². The Labute approximate surface area is 152 Å². The van der Waals surface area contributed by atoms with Crippen LogP contribution in [0.5, 0.6) is 5.75 Å². The predicted octanol–water partition coefficient (Wildman–Crippen LogP) is 1.56. The molecule has 1 amide bonds. The maximum atomic E-state index is 12.0. The second-order valence-electron chi connectivity index (χ2n) is 6.45. The number of aromatic nitrogens is 2. The molecule has 2 aromatic rings. The van der Waals surface area contributed by atoms with Crippen molar-refractivity contribution in [3.8, 4) is 5.75 Å². The minimum absolute atomic E-state index is 0.0644. The average Bonchev–Trinajstić information content (AvgIpc) is 2.69. The molecule has 0 spiro atoms. The maximum absolute atomic E-state index is 12.0. The van der Waals surface area contributed by atoms with Gasteiger partial charge in [0, 0.05) is 31.9 Å². The number of hydrogen-bond acceptors (Lipinski definition) is 7. The molecule has 3 heterocycles. The van der Waals surface area contributed by atoms with Crippen LogP contribution in [0.3, 0.4) is 0 Å². The molecule has 2 aliphatic rings. The van der Waals surface area contributed by atoms with E-state index in [0.717, 1.165) is 37.7 Å². The van der Waals surface area contributed by atoms with Crippen molar-refractivity contribution in [3.63, 3.8) is 0 Å². The van der Waals surface area contributed by atoms with Gasteiger partial charge in [0.25, 0.3) is 0 Å². The lowest BCUT2D eigenvalue weighted by atomic mass is 10.2. The van der Waals surface area contributed by atoms with E-state index in [1.807, 2.05) is 19.1 Å². The lowest BCUT2D eigenvalue weighted by Gasteiger charge is -2.38. The van der Waals surface area contributed by atoms with Crippen LogP contribution in [0.2, 0.25) is 0 Å². The van der Waals surface area contributed by atoms with E-state index < -0.39 is 0 Å². The summed E-state index contributed by atoms with van der Waals surface area (Å²) in [5.74, 6) is 2.25. The van der Waals surface area contributed by atoms with Crippen LogP contribution in [0, 0.1) is 0 Å². The number of anilines is 4. The summed E-state index contributed by atoms with van der Waals surface area (Å²) >= 11 is 0. The van der Waals surface area contributed by atoms with Gasteiger partial charge in [-0.2, -0.15) is 0 Å². The lowest BCUT2D eigenvalue weighted by molar-refractivity contribution is -0.116. The number of fused-ring (bicyclic) bond motifs is 1. The summed E-state index contributed by atoms with van der Waals surface area (Å²) in [5, 5.41) is 6.06. The molecule has 4 rings (SSSR count). The average molecular weight is 354 g/mol. The summed E-state index contributed by atoms with van der Waals surface area (Å²) in [6, 6.07) is 7.81. The third kappa shape index (κ3) is 2.98. The summed E-state index contributed by atoms with van der Waals surface area (Å²) < 4.78 is 5.22. The molecule has 26 heavy (non-hydrogen) atoms.